The average Bonchev–Trinajstić information content (AvgIpc) is 2.27. The first-order valence-corrected chi connectivity index (χ1v) is 6.48. The molecule has 0 amide bonds. The van der Waals surface area contributed by atoms with Crippen LogP contribution in [0.2, 0.25) is 0 Å². The van der Waals surface area contributed by atoms with E-state index in [-0.39, 0.29) is 19.1 Å². The zero-order chi connectivity index (χ0) is 12.2. The summed E-state index contributed by atoms with van der Waals surface area (Å²) >= 11 is 11.1. The molecule has 94 valence electrons. The van der Waals surface area contributed by atoms with Gasteiger partial charge in [0.2, 0.25) is 0 Å². The number of aliphatic hydroxyl groups excluding tert-OH is 2. The van der Waals surface area contributed by atoms with Gasteiger partial charge in [-0.2, -0.15) is 0 Å². The van der Waals surface area contributed by atoms with Crippen molar-refractivity contribution in [1.29, 1.82) is 0 Å². The molecule has 1 atom stereocenters. The highest BCUT2D eigenvalue weighted by Gasteiger charge is 2.23. The maximum absolute atomic E-state index is 8.59. The molecule has 0 bridgehead atoms. The van der Waals surface area contributed by atoms with Crippen molar-refractivity contribution in [2.75, 3.05) is 19.1 Å². The molecule has 0 aliphatic rings. The molecule has 0 heterocycles. The average molecular weight is 259 g/mol. The molecule has 0 spiro atoms. The van der Waals surface area contributed by atoms with E-state index in [1.807, 2.05) is 0 Å². The van der Waals surface area contributed by atoms with Gasteiger partial charge in [0.25, 0.3) is 0 Å². The summed E-state index contributed by atoms with van der Waals surface area (Å²) in [4.78, 5) is -0.823. The molecule has 4 heteroatoms. The summed E-state index contributed by atoms with van der Waals surface area (Å²) in [6.07, 6.45) is 5.86. The molecule has 2 N–H and O–H groups in total. The SMILES string of the molecule is CCCCCC.OCCC(Cl)(CO)CCl. The first kappa shape index (κ1) is 17.9. The molecular formula is C11H24Cl2O2. The summed E-state index contributed by atoms with van der Waals surface area (Å²) in [5, 5.41) is 17.0. The quantitative estimate of drug-likeness (QED) is 0.544. The molecule has 0 fully saturated rings. The third-order valence-electron chi connectivity index (χ3n) is 2.04. The molecule has 0 aromatic carbocycles. The number of halogens is 2. The first-order chi connectivity index (χ1) is 7.10. The smallest absolute Gasteiger partial charge is 0.0833 e. The number of rotatable bonds is 7. The van der Waals surface area contributed by atoms with Crippen LogP contribution in [0.1, 0.15) is 46.0 Å². The van der Waals surface area contributed by atoms with Gasteiger partial charge in [-0.25, -0.2) is 0 Å². The van der Waals surface area contributed by atoms with Crippen LogP contribution < -0.4 is 0 Å². The molecule has 2 nitrogen and oxygen atoms in total. The van der Waals surface area contributed by atoms with Crippen molar-refractivity contribution in [3.8, 4) is 0 Å². The third-order valence-corrected chi connectivity index (χ3v) is 3.13. The van der Waals surface area contributed by atoms with Crippen molar-refractivity contribution in [3.05, 3.63) is 0 Å². The van der Waals surface area contributed by atoms with E-state index >= 15 is 0 Å². The third kappa shape index (κ3) is 12.4. The summed E-state index contributed by atoms with van der Waals surface area (Å²) in [5.74, 6) is 0.158. The maximum Gasteiger partial charge on any atom is 0.0833 e. The normalized spacial score (nSPS) is 14.0. The fourth-order valence-electron chi connectivity index (χ4n) is 0.889. The van der Waals surface area contributed by atoms with Crippen molar-refractivity contribution in [2.45, 2.75) is 50.8 Å². The number of aliphatic hydroxyl groups is 2. The van der Waals surface area contributed by atoms with Gasteiger partial charge in [-0.15, -0.1) is 23.2 Å². The lowest BCUT2D eigenvalue weighted by atomic mass is 10.1. The second kappa shape index (κ2) is 12.6. The minimum absolute atomic E-state index is 0.0449. The van der Waals surface area contributed by atoms with E-state index in [1.54, 1.807) is 0 Å². The highest BCUT2D eigenvalue weighted by Crippen LogP contribution is 2.19. The summed E-state index contributed by atoms with van der Waals surface area (Å²) in [6.45, 7) is 4.22. The van der Waals surface area contributed by atoms with E-state index in [1.165, 1.54) is 25.7 Å². The van der Waals surface area contributed by atoms with Gasteiger partial charge in [0, 0.05) is 12.5 Å². The van der Waals surface area contributed by atoms with Crippen molar-refractivity contribution in [3.63, 3.8) is 0 Å². The minimum atomic E-state index is -0.823. The van der Waals surface area contributed by atoms with Gasteiger partial charge in [-0.3, -0.25) is 0 Å². The highest BCUT2D eigenvalue weighted by atomic mass is 35.5. The van der Waals surface area contributed by atoms with Crippen molar-refractivity contribution >= 4 is 23.2 Å². The van der Waals surface area contributed by atoms with Crippen LogP contribution in [-0.4, -0.2) is 34.2 Å². The standard InChI is InChI=1S/C6H14.C5H10Cl2O2/c1-3-5-6-4-2;6-3-5(7,4-9)1-2-8/h3-6H2,1-2H3;8-9H,1-4H2. The zero-order valence-electron chi connectivity index (χ0n) is 9.81. The molecule has 0 saturated heterocycles. The highest BCUT2D eigenvalue weighted by molar-refractivity contribution is 6.30. The molecule has 0 aliphatic carbocycles. The second-order valence-corrected chi connectivity index (χ2v) is 4.69. The molecule has 0 aromatic rings. The second-order valence-electron chi connectivity index (χ2n) is 3.62. The largest absolute Gasteiger partial charge is 0.396 e. The Labute approximate surface area is 104 Å². The van der Waals surface area contributed by atoms with Crippen LogP contribution in [-0.2, 0) is 0 Å². The topological polar surface area (TPSA) is 40.5 Å². The Morgan fingerprint density at radius 1 is 1.07 bits per heavy atom. The Morgan fingerprint density at radius 2 is 1.53 bits per heavy atom. The van der Waals surface area contributed by atoms with E-state index < -0.39 is 4.87 Å². The fourth-order valence-corrected chi connectivity index (χ4v) is 1.19. The molecular weight excluding hydrogens is 235 g/mol. The summed E-state index contributed by atoms with van der Waals surface area (Å²) in [7, 11) is 0. The van der Waals surface area contributed by atoms with Gasteiger partial charge >= 0.3 is 0 Å². The molecule has 0 saturated carbocycles. The Bertz CT molecular complexity index is 113. The molecule has 0 rings (SSSR count). The van der Waals surface area contributed by atoms with Crippen LogP contribution in [0.15, 0.2) is 0 Å². The van der Waals surface area contributed by atoms with Crippen LogP contribution in [0.3, 0.4) is 0 Å². The lowest BCUT2D eigenvalue weighted by Gasteiger charge is -2.19. The van der Waals surface area contributed by atoms with Gasteiger partial charge in [-0.05, 0) is 6.42 Å². The van der Waals surface area contributed by atoms with Gasteiger partial charge in [-0.1, -0.05) is 39.5 Å². The Hall–Kier alpha value is 0.500. The van der Waals surface area contributed by atoms with E-state index in [0.29, 0.717) is 6.42 Å². The van der Waals surface area contributed by atoms with Crippen LogP contribution in [0.25, 0.3) is 0 Å². The Kier molecular flexibility index (Phi) is 15.0. The van der Waals surface area contributed by atoms with Crippen molar-refractivity contribution in [1.82, 2.24) is 0 Å². The lowest BCUT2D eigenvalue weighted by Crippen LogP contribution is -2.29. The van der Waals surface area contributed by atoms with Gasteiger partial charge < -0.3 is 10.2 Å². The van der Waals surface area contributed by atoms with Gasteiger partial charge in [0.05, 0.1) is 11.5 Å². The van der Waals surface area contributed by atoms with E-state index in [4.69, 9.17) is 33.4 Å². The predicted octanol–water partition coefficient (Wildman–Crippen LogP) is 3.16. The fraction of sp³-hybridized carbons (Fsp3) is 1.00. The van der Waals surface area contributed by atoms with Crippen LogP contribution >= 0.6 is 23.2 Å². The summed E-state index contributed by atoms with van der Waals surface area (Å²) in [5.41, 5.74) is 0. The van der Waals surface area contributed by atoms with Gasteiger partial charge in [0.1, 0.15) is 0 Å². The predicted molar refractivity (Wildman–Crippen MR) is 67.9 cm³/mol. The first-order valence-electron chi connectivity index (χ1n) is 5.56. The minimum Gasteiger partial charge on any atom is -0.396 e. The van der Waals surface area contributed by atoms with Crippen LogP contribution in [0.4, 0.5) is 0 Å². The van der Waals surface area contributed by atoms with Crippen molar-refractivity contribution < 1.29 is 10.2 Å². The number of alkyl halides is 2. The van der Waals surface area contributed by atoms with E-state index in [2.05, 4.69) is 13.8 Å². The number of hydrogen-bond acceptors (Lipinski definition) is 2. The molecule has 15 heavy (non-hydrogen) atoms. The Balaban J connectivity index is 0. The molecule has 0 radical (unpaired) electrons. The number of hydrogen-bond donors (Lipinski definition) is 2. The lowest BCUT2D eigenvalue weighted by molar-refractivity contribution is 0.210. The molecule has 0 aromatic heterocycles. The van der Waals surface area contributed by atoms with Gasteiger partial charge in [0.15, 0.2) is 0 Å². The van der Waals surface area contributed by atoms with Crippen LogP contribution in [0, 0.1) is 0 Å². The summed E-state index contributed by atoms with van der Waals surface area (Å²) < 4.78 is 0. The summed E-state index contributed by atoms with van der Waals surface area (Å²) in [6, 6.07) is 0. The molecule has 1 unspecified atom stereocenters. The monoisotopic (exact) mass is 258 g/mol. The zero-order valence-corrected chi connectivity index (χ0v) is 11.3. The van der Waals surface area contributed by atoms with E-state index in [9.17, 15) is 0 Å². The number of unbranched alkanes of at least 4 members (excludes halogenated alkanes) is 3. The van der Waals surface area contributed by atoms with E-state index in [0.717, 1.165) is 0 Å². The molecule has 0 aliphatic heterocycles. The Morgan fingerprint density at radius 3 is 1.67 bits per heavy atom. The maximum atomic E-state index is 8.59. The van der Waals surface area contributed by atoms with Crippen LogP contribution in [0.5, 0.6) is 0 Å². The van der Waals surface area contributed by atoms with Crippen molar-refractivity contribution in [2.24, 2.45) is 0 Å².